The van der Waals surface area contributed by atoms with Crippen molar-refractivity contribution in [2.24, 2.45) is 0 Å². The second kappa shape index (κ2) is 5.78. The van der Waals surface area contributed by atoms with Gasteiger partial charge in [-0.2, -0.15) is 0 Å². The fourth-order valence-electron chi connectivity index (χ4n) is 1.34. The summed E-state index contributed by atoms with van der Waals surface area (Å²) in [7, 11) is 1.59. The molecule has 1 atom stereocenters. The highest BCUT2D eigenvalue weighted by Gasteiger charge is 2.12. The molecule has 0 aliphatic rings. The maximum atomic E-state index is 13.3. The Morgan fingerprint density at radius 2 is 2.13 bits per heavy atom. The zero-order valence-corrected chi connectivity index (χ0v) is 8.89. The van der Waals surface area contributed by atoms with Gasteiger partial charge < -0.3 is 10.1 Å². The van der Waals surface area contributed by atoms with E-state index in [-0.39, 0.29) is 6.04 Å². The lowest BCUT2D eigenvalue weighted by Crippen LogP contribution is -2.23. The molecule has 0 amide bonds. The predicted octanol–water partition coefficient (Wildman–Crippen LogP) is 2.26. The molecule has 0 aliphatic heterocycles. The van der Waals surface area contributed by atoms with E-state index in [1.54, 1.807) is 20.1 Å². The van der Waals surface area contributed by atoms with E-state index >= 15 is 0 Å². The molecule has 1 aromatic rings. The highest BCUT2D eigenvalue weighted by molar-refractivity contribution is 5.21. The Labute approximate surface area is 88.3 Å². The van der Waals surface area contributed by atoms with Crippen molar-refractivity contribution in [3.05, 3.63) is 35.4 Å². The first kappa shape index (κ1) is 12.1. The normalized spacial score (nSPS) is 12.8. The van der Waals surface area contributed by atoms with E-state index in [1.807, 2.05) is 0 Å². The van der Waals surface area contributed by atoms with Gasteiger partial charge in [-0.15, -0.1) is 0 Å². The highest BCUT2D eigenvalue weighted by Crippen LogP contribution is 2.18. The van der Waals surface area contributed by atoms with Gasteiger partial charge in [0.15, 0.2) is 11.6 Å². The number of benzene rings is 1. The van der Waals surface area contributed by atoms with E-state index in [9.17, 15) is 8.78 Å². The van der Waals surface area contributed by atoms with Crippen molar-refractivity contribution in [2.45, 2.75) is 13.0 Å². The lowest BCUT2D eigenvalue weighted by Gasteiger charge is -2.14. The third-order valence-electron chi connectivity index (χ3n) is 2.20. The zero-order chi connectivity index (χ0) is 11.3. The lowest BCUT2D eigenvalue weighted by molar-refractivity contribution is 0.196. The van der Waals surface area contributed by atoms with Gasteiger partial charge in [0.05, 0.1) is 6.61 Å². The number of methoxy groups -OCH3 is 1. The Hall–Kier alpha value is -1.00. The summed E-state index contributed by atoms with van der Waals surface area (Å²) < 4.78 is 31.1. The second-order valence-electron chi connectivity index (χ2n) is 3.31. The van der Waals surface area contributed by atoms with Crippen LogP contribution in [0.15, 0.2) is 18.2 Å². The summed E-state index contributed by atoms with van der Waals surface area (Å²) in [6.45, 7) is 2.93. The molecule has 0 bridgehead atoms. The van der Waals surface area contributed by atoms with Gasteiger partial charge in [-0.25, -0.2) is 8.78 Å². The Morgan fingerprint density at radius 3 is 2.80 bits per heavy atom. The molecule has 0 aromatic heterocycles. The fraction of sp³-hybridized carbons (Fsp3) is 0.455. The molecule has 0 unspecified atom stereocenters. The standard InChI is InChI=1S/C11H15F2NO/c1-8(14-6-7-15-2)9-4-3-5-10(12)11(9)13/h3-5,8,14H,6-7H2,1-2H3/t8-/m1/s1. The minimum absolute atomic E-state index is 0.226. The number of ether oxygens (including phenoxy) is 1. The summed E-state index contributed by atoms with van der Waals surface area (Å²) in [6.07, 6.45) is 0. The molecule has 1 rings (SSSR count). The second-order valence-corrected chi connectivity index (χ2v) is 3.31. The summed E-state index contributed by atoms with van der Waals surface area (Å²) in [5.74, 6) is -1.59. The Morgan fingerprint density at radius 1 is 1.40 bits per heavy atom. The third-order valence-corrected chi connectivity index (χ3v) is 2.20. The molecule has 2 nitrogen and oxygen atoms in total. The van der Waals surface area contributed by atoms with Crippen molar-refractivity contribution in [3.8, 4) is 0 Å². The molecule has 0 aliphatic carbocycles. The molecular formula is C11H15F2NO. The van der Waals surface area contributed by atoms with Crippen LogP contribution in [-0.2, 0) is 4.74 Å². The largest absolute Gasteiger partial charge is 0.383 e. The van der Waals surface area contributed by atoms with Gasteiger partial charge in [-0.05, 0) is 13.0 Å². The maximum absolute atomic E-state index is 13.3. The van der Waals surface area contributed by atoms with Crippen molar-refractivity contribution in [1.82, 2.24) is 5.32 Å². The monoisotopic (exact) mass is 215 g/mol. The van der Waals surface area contributed by atoms with Crippen LogP contribution in [0, 0.1) is 11.6 Å². The van der Waals surface area contributed by atoms with Crippen LogP contribution < -0.4 is 5.32 Å². The average molecular weight is 215 g/mol. The van der Waals surface area contributed by atoms with E-state index < -0.39 is 11.6 Å². The zero-order valence-electron chi connectivity index (χ0n) is 8.89. The first-order chi connectivity index (χ1) is 7.16. The van der Waals surface area contributed by atoms with Crippen LogP contribution in [0.5, 0.6) is 0 Å². The first-order valence-electron chi connectivity index (χ1n) is 4.83. The van der Waals surface area contributed by atoms with Crippen LogP contribution in [0.4, 0.5) is 8.78 Å². The summed E-state index contributed by atoms with van der Waals surface area (Å²) in [6, 6.07) is 3.96. The van der Waals surface area contributed by atoms with Crippen molar-refractivity contribution >= 4 is 0 Å². The fourth-order valence-corrected chi connectivity index (χ4v) is 1.34. The van der Waals surface area contributed by atoms with Gasteiger partial charge in [0.1, 0.15) is 0 Å². The SMILES string of the molecule is COCCN[C@H](C)c1cccc(F)c1F. The van der Waals surface area contributed by atoms with E-state index in [0.717, 1.165) is 6.07 Å². The Kier molecular flexibility index (Phi) is 4.65. The smallest absolute Gasteiger partial charge is 0.163 e. The van der Waals surface area contributed by atoms with Crippen molar-refractivity contribution < 1.29 is 13.5 Å². The van der Waals surface area contributed by atoms with Gasteiger partial charge in [0, 0.05) is 25.3 Å². The van der Waals surface area contributed by atoms with Crippen LogP contribution in [0.1, 0.15) is 18.5 Å². The number of halogens is 2. The first-order valence-corrected chi connectivity index (χ1v) is 4.83. The lowest BCUT2D eigenvalue weighted by atomic mass is 10.1. The number of nitrogens with one attached hydrogen (secondary N) is 1. The molecule has 0 saturated carbocycles. The Balaban J connectivity index is 2.65. The van der Waals surface area contributed by atoms with Gasteiger partial charge in [0.25, 0.3) is 0 Å². The van der Waals surface area contributed by atoms with E-state index in [4.69, 9.17) is 4.74 Å². The number of rotatable bonds is 5. The maximum Gasteiger partial charge on any atom is 0.163 e. The van der Waals surface area contributed by atoms with Crippen molar-refractivity contribution in [2.75, 3.05) is 20.3 Å². The molecule has 0 spiro atoms. The third kappa shape index (κ3) is 3.25. The molecule has 0 saturated heterocycles. The molecule has 0 fully saturated rings. The van der Waals surface area contributed by atoms with Gasteiger partial charge >= 0.3 is 0 Å². The molecule has 4 heteroatoms. The van der Waals surface area contributed by atoms with Crippen molar-refractivity contribution in [3.63, 3.8) is 0 Å². The van der Waals surface area contributed by atoms with Gasteiger partial charge in [-0.1, -0.05) is 12.1 Å². The molecule has 1 aromatic carbocycles. The molecular weight excluding hydrogens is 200 g/mol. The van der Waals surface area contributed by atoms with Crippen molar-refractivity contribution in [1.29, 1.82) is 0 Å². The minimum Gasteiger partial charge on any atom is -0.383 e. The highest BCUT2D eigenvalue weighted by atomic mass is 19.2. The number of hydrogen-bond acceptors (Lipinski definition) is 2. The molecule has 84 valence electrons. The summed E-state index contributed by atoms with van der Waals surface area (Å²) in [4.78, 5) is 0. The van der Waals surface area contributed by atoms with E-state index in [2.05, 4.69) is 5.32 Å². The summed E-state index contributed by atoms with van der Waals surface area (Å²) >= 11 is 0. The molecule has 0 heterocycles. The quantitative estimate of drug-likeness (QED) is 0.761. The van der Waals surface area contributed by atoms with Gasteiger partial charge in [-0.3, -0.25) is 0 Å². The van der Waals surface area contributed by atoms with Crippen LogP contribution in [0.3, 0.4) is 0 Å². The summed E-state index contributed by atoms with van der Waals surface area (Å²) in [5, 5.41) is 3.04. The molecule has 1 N–H and O–H groups in total. The topological polar surface area (TPSA) is 21.3 Å². The number of hydrogen-bond donors (Lipinski definition) is 1. The van der Waals surface area contributed by atoms with Crippen LogP contribution in [-0.4, -0.2) is 20.3 Å². The van der Waals surface area contributed by atoms with Crippen LogP contribution in [0.2, 0.25) is 0 Å². The summed E-state index contributed by atoms with van der Waals surface area (Å²) in [5.41, 5.74) is 0.339. The average Bonchev–Trinajstić information content (AvgIpc) is 2.22. The minimum atomic E-state index is -0.812. The molecule has 0 radical (unpaired) electrons. The molecule has 15 heavy (non-hydrogen) atoms. The van der Waals surface area contributed by atoms with Crippen LogP contribution >= 0.6 is 0 Å². The van der Waals surface area contributed by atoms with Gasteiger partial charge in [0.2, 0.25) is 0 Å². The predicted molar refractivity (Wildman–Crippen MR) is 54.7 cm³/mol. The Bertz CT molecular complexity index is 317. The van der Waals surface area contributed by atoms with E-state index in [0.29, 0.717) is 18.7 Å². The van der Waals surface area contributed by atoms with Crippen LogP contribution in [0.25, 0.3) is 0 Å². The van der Waals surface area contributed by atoms with E-state index in [1.165, 1.54) is 6.07 Å².